The highest BCUT2D eigenvalue weighted by Gasteiger charge is 2.13. The predicted octanol–water partition coefficient (Wildman–Crippen LogP) is 5.33. The Morgan fingerprint density at radius 1 is 1.00 bits per heavy atom. The molecule has 116 valence electrons. The molecule has 2 aromatic rings. The highest BCUT2D eigenvalue weighted by Crippen LogP contribution is 2.25. The van der Waals surface area contributed by atoms with Crippen molar-refractivity contribution >= 4 is 11.8 Å². The molecular formula is C19H23NOS. The second kappa shape index (κ2) is 8.23. The second-order valence-corrected chi connectivity index (χ2v) is 6.92. The molecule has 2 nitrogen and oxygen atoms in total. The lowest BCUT2D eigenvalue weighted by Gasteiger charge is -2.21. The normalized spacial score (nSPS) is 15.6. The maximum Gasteiger partial charge on any atom is 0.137 e. The number of thioether (sulfide) groups is 1. The molecule has 3 rings (SSSR count). The van der Waals surface area contributed by atoms with Crippen molar-refractivity contribution in [1.29, 1.82) is 0 Å². The van der Waals surface area contributed by atoms with E-state index in [0.29, 0.717) is 0 Å². The Balaban J connectivity index is 1.45. The summed E-state index contributed by atoms with van der Waals surface area (Å²) >= 11 is 1.76. The van der Waals surface area contributed by atoms with Gasteiger partial charge in [0.05, 0.1) is 17.8 Å². The lowest BCUT2D eigenvalue weighted by atomic mass is 9.90. The molecule has 22 heavy (non-hydrogen) atoms. The summed E-state index contributed by atoms with van der Waals surface area (Å²) in [5, 5.41) is 1.05. The molecule has 0 N–H and O–H groups in total. The quantitative estimate of drug-likeness (QED) is 0.673. The number of ether oxygens (including phenoxy) is 1. The van der Waals surface area contributed by atoms with Crippen LogP contribution in [-0.2, 0) is 5.75 Å². The Bertz CT molecular complexity index is 549. The van der Waals surface area contributed by atoms with Crippen molar-refractivity contribution in [3.8, 4) is 5.75 Å². The Morgan fingerprint density at radius 3 is 2.55 bits per heavy atom. The molecule has 1 fully saturated rings. The Labute approximate surface area is 137 Å². The lowest BCUT2D eigenvalue weighted by Crippen LogP contribution is -2.15. The van der Waals surface area contributed by atoms with Gasteiger partial charge in [-0.1, -0.05) is 49.6 Å². The van der Waals surface area contributed by atoms with Crippen molar-refractivity contribution in [1.82, 2.24) is 4.98 Å². The van der Waals surface area contributed by atoms with Crippen molar-refractivity contribution < 1.29 is 4.74 Å². The third-order valence-electron chi connectivity index (χ3n) is 4.15. The molecule has 0 amide bonds. The third kappa shape index (κ3) is 4.77. The van der Waals surface area contributed by atoms with Crippen LogP contribution in [0.25, 0.3) is 0 Å². The van der Waals surface area contributed by atoms with Gasteiger partial charge in [0.2, 0.25) is 0 Å². The molecule has 1 aliphatic carbocycles. The highest BCUT2D eigenvalue weighted by molar-refractivity contribution is 7.98. The van der Waals surface area contributed by atoms with E-state index < -0.39 is 0 Å². The average molecular weight is 313 g/mol. The summed E-state index contributed by atoms with van der Waals surface area (Å²) < 4.78 is 5.89. The van der Waals surface area contributed by atoms with Gasteiger partial charge in [-0.3, -0.25) is 0 Å². The van der Waals surface area contributed by atoms with Gasteiger partial charge in [0, 0.05) is 5.75 Å². The number of rotatable bonds is 6. The van der Waals surface area contributed by atoms with Crippen LogP contribution in [0.2, 0.25) is 0 Å². The summed E-state index contributed by atoms with van der Waals surface area (Å²) in [6.45, 7) is 0.845. The lowest BCUT2D eigenvalue weighted by molar-refractivity contribution is 0.208. The van der Waals surface area contributed by atoms with Gasteiger partial charge in [-0.05, 0) is 36.5 Å². The van der Waals surface area contributed by atoms with E-state index in [1.165, 1.54) is 37.7 Å². The van der Waals surface area contributed by atoms with Crippen LogP contribution in [0.4, 0.5) is 0 Å². The highest BCUT2D eigenvalue weighted by atomic mass is 32.2. The molecule has 0 bridgehead atoms. The van der Waals surface area contributed by atoms with Crippen LogP contribution in [-0.4, -0.2) is 11.6 Å². The predicted molar refractivity (Wildman–Crippen MR) is 92.3 cm³/mol. The Morgan fingerprint density at radius 2 is 1.82 bits per heavy atom. The maximum absolute atomic E-state index is 5.89. The Hall–Kier alpha value is -1.48. The monoisotopic (exact) mass is 313 g/mol. The van der Waals surface area contributed by atoms with Crippen LogP contribution in [0.5, 0.6) is 5.75 Å². The first-order chi connectivity index (χ1) is 10.9. The largest absolute Gasteiger partial charge is 0.492 e. The number of hydrogen-bond acceptors (Lipinski definition) is 3. The van der Waals surface area contributed by atoms with Gasteiger partial charge < -0.3 is 4.74 Å². The van der Waals surface area contributed by atoms with E-state index in [9.17, 15) is 0 Å². The molecule has 0 saturated heterocycles. The second-order valence-electron chi connectivity index (χ2n) is 5.92. The van der Waals surface area contributed by atoms with Crippen LogP contribution in [0.1, 0.15) is 37.7 Å². The van der Waals surface area contributed by atoms with E-state index in [4.69, 9.17) is 4.74 Å². The topological polar surface area (TPSA) is 22.1 Å². The number of nitrogens with zero attached hydrogens (tertiary/aromatic N) is 1. The van der Waals surface area contributed by atoms with Crippen LogP contribution >= 0.6 is 11.8 Å². The van der Waals surface area contributed by atoms with Crippen LogP contribution in [0, 0.1) is 5.92 Å². The van der Waals surface area contributed by atoms with Gasteiger partial charge in [-0.2, -0.15) is 0 Å². The fraction of sp³-hybridized carbons (Fsp3) is 0.421. The fourth-order valence-corrected chi connectivity index (χ4v) is 3.64. The minimum Gasteiger partial charge on any atom is -0.492 e. The molecule has 0 radical (unpaired) electrons. The third-order valence-corrected chi connectivity index (χ3v) is 5.16. The van der Waals surface area contributed by atoms with E-state index in [-0.39, 0.29) is 0 Å². The molecule has 0 atom stereocenters. The molecule has 0 spiro atoms. The molecule has 1 aromatic carbocycles. The van der Waals surface area contributed by atoms with Crippen molar-refractivity contribution in [2.45, 2.75) is 42.9 Å². The van der Waals surface area contributed by atoms with E-state index in [1.54, 1.807) is 11.8 Å². The molecule has 1 aromatic heterocycles. The van der Waals surface area contributed by atoms with Crippen molar-refractivity contribution in [3.05, 3.63) is 54.2 Å². The van der Waals surface area contributed by atoms with Crippen LogP contribution in [0.15, 0.2) is 53.7 Å². The molecule has 1 aliphatic rings. The standard InChI is InChI=1S/C19H23NOS/c1-3-7-16(8-4-1)14-21-18-11-12-19(20-13-18)22-15-17-9-5-2-6-10-17/h2,5-6,9-13,16H,1,3-4,7-8,14-15H2. The average Bonchev–Trinajstić information content (AvgIpc) is 2.61. The fourth-order valence-electron chi connectivity index (χ4n) is 2.84. The molecule has 1 saturated carbocycles. The van der Waals surface area contributed by atoms with Gasteiger partial charge in [-0.15, -0.1) is 11.8 Å². The van der Waals surface area contributed by atoms with Gasteiger partial charge in [0.25, 0.3) is 0 Å². The van der Waals surface area contributed by atoms with Crippen molar-refractivity contribution in [3.63, 3.8) is 0 Å². The zero-order valence-electron chi connectivity index (χ0n) is 12.9. The summed E-state index contributed by atoms with van der Waals surface area (Å²) in [5.74, 6) is 2.59. The SMILES string of the molecule is c1ccc(CSc2ccc(OCC3CCCCC3)cn2)cc1. The Kier molecular flexibility index (Phi) is 5.77. The molecule has 0 aliphatic heterocycles. The first-order valence-corrected chi connectivity index (χ1v) is 9.14. The zero-order valence-corrected chi connectivity index (χ0v) is 13.7. The summed E-state index contributed by atoms with van der Waals surface area (Å²) in [5.41, 5.74) is 1.33. The summed E-state index contributed by atoms with van der Waals surface area (Å²) in [4.78, 5) is 4.50. The number of aromatic nitrogens is 1. The van der Waals surface area contributed by atoms with E-state index >= 15 is 0 Å². The first-order valence-electron chi connectivity index (χ1n) is 8.16. The summed E-state index contributed by atoms with van der Waals surface area (Å²) in [6, 6.07) is 14.6. The van der Waals surface area contributed by atoms with Gasteiger partial charge in [-0.25, -0.2) is 4.98 Å². The smallest absolute Gasteiger partial charge is 0.137 e. The van der Waals surface area contributed by atoms with Gasteiger partial charge in [0.1, 0.15) is 5.75 Å². The minimum atomic E-state index is 0.737. The number of pyridine rings is 1. The van der Waals surface area contributed by atoms with Gasteiger partial charge in [0.15, 0.2) is 0 Å². The molecule has 0 unspecified atom stereocenters. The summed E-state index contributed by atoms with van der Waals surface area (Å²) in [7, 11) is 0. The molecule has 3 heteroatoms. The van der Waals surface area contributed by atoms with Crippen LogP contribution < -0.4 is 4.74 Å². The van der Waals surface area contributed by atoms with Crippen molar-refractivity contribution in [2.24, 2.45) is 5.92 Å². The first kappa shape index (κ1) is 15.4. The van der Waals surface area contributed by atoms with E-state index in [2.05, 4.69) is 35.3 Å². The van der Waals surface area contributed by atoms with Crippen LogP contribution in [0.3, 0.4) is 0 Å². The summed E-state index contributed by atoms with van der Waals surface area (Å²) in [6.07, 6.45) is 8.61. The number of benzene rings is 1. The maximum atomic E-state index is 5.89. The number of hydrogen-bond donors (Lipinski definition) is 0. The van der Waals surface area contributed by atoms with E-state index in [0.717, 1.165) is 29.1 Å². The minimum absolute atomic E-state index is 0.737. The molecular weight excluding hydrogens is 290 g/mol. The molecule has 1 heterocycles. The van der Waals surface area contributed by atoms with Gasteiger partial charge >= 0.3 is 0 Å². The van der Waals surface area contributed by atoms with Crippen molar-refractivity contribution in [2.75, 3.05) is 6.61 Å². The zero-order chi connectivity index (χ0) is 15.0. The van der Waals surface area contributed by atoms with E-state index in [1.807, 2.05) is 18.3 Å².